The molecule has 2 aromatic carbocycles. The van der Waals surface area contributed by atoms with Crippen LogP contribution in [0.2, 0.25) is 0 Å². The van der Waals surface area contributed by atoms with E-state index < -0.39 is 0 Å². The third-order valence-corrected chi connectivity index (χ3v) is 4.89. The second kappa shape index (κ2) is 10.1. The average Bonchev–Trinajstić information content (AvgIpc) is 2.71. The van der Waals surface area contributed by atoms with Crippen LogP contribution in [0, 0.1) is 5.82 Å². The lowest BCUT2D eigenvalue weighted by Crippen LogP contribution is -2.49. The Morgan fingerprint density at radius 3 is 2.50 bits per heavy atom. The molecule has 0 radical (unpaired) electrons. The van der Waals surface area contributed by atoms with Gasteiger partial charge in [-0.2, -0.15) is 0 Å². The van der Waals surface area contributed by atoms with Crippen molar-refractivity contribution in [3.8, 4) is 5.75 Å². The minimum Gasteiger partial charge on any atom is -0.492 e. The van der Waals surface area contributed by atoms with E-state index in [0.717, 1.165) is 43.2 Å². The van der Waals surface area contributed by atoms with E-state index in [4.69, 9.17) is 4.74 Å². The van der Waals surface area contributed by atoms with Gasteiger partial charge < -0.3 is 15.0 Å². The number of hydrogen-bond acceptors (Lipinski definition) is 4. The molecule has 1 heterocycles. The minimum atomic E-state index is -0.240. The zero-order chi connectivity index (χ0) is 19.8. The maximum atomic E-state index is 12.9. The van der Waals surface area contributed by atoms with Gasteiger partial charge in [0.15, 0.2) is 0 Å². The summed E-state index contributed by atoms with van der Waals surface area (Å²) in [7, 11) is 0. The van der Waals surface area contributed by atoms with Gasteiger partial charge in [0.25, 0.3) is 0 Å². The Balaban J connectivity index is 1.40. The van der Waals surface area contributed by atoms with Crippen molar-refractivity contribution in [3.63, 3.8) is 0 Å². The summed E-state index contributed by atoms with van der Waals surface area (Å²) in [6, 6.07) is 14.5. The normalized spacial score (nSPS) is 14.7. The molecule has 28 heavy (non-hydrogen) atoms. The largest absolute Gasteiger partial charge is 0.492 e. The Morgan fingerprint density at radius 1 is 1.07 bits per heavy atom. The fraction of sp³-hybridized carbons (Fsp3) is 0.409. The van der Waals surface area contributed by atoms with Gasteiger partial charge in [-0.05, 0) is 43.2 Å². The Hall–Kier alpha value is -2.60. The van der Waals surface area contributed by atoms with Crippen LogP contribution in [0.5, 0.6) is 5.75 Å². The number of benzene rings is 2. The van der Waals surface area contributed by atoms with E-state index in [1.807, 2.05) is 25.1 Å². The van der Waals surface area contributed by atoms with Gasteiger partial charge in [0.05, 0.1) is 18.8 Å². The number of para-hydroxylation sites is 2. The Labute approximate surface area is 166 Å². The fourth-order valence-electron chi connectivity index (χ4n) is 3.40. The first-order valence-corrected chi connectivity index (χ1v) is 9.86. The highest BCUT2D eigenvalue weighted by atomic mass is 19.1. The maximum Gasteiger partial charge on any atom is 0.234 e. The van der Waals surface area contributed by atoms with E-state index in [1.165, 1.54) is 12.1 Å². The second-order valence-electron chi connectivity index (χ2n) is 6.89. The summed E-state index contributed by atoms with van der Waals surface area (Å²) < 4.78 is 18.6. The van der Waals surface area contributed by atoms with Crippen LogP contribution in [-0.4, -0.2) is 56.7 Å². The van der Waals surface area contributed by atoms with Crippen LogP contribution >= 0.6 is 0 Å². The number of anilines is 1. The van der Waals surface area contributed by atoms with Crippen molar-refractivity contribution in [2.45, 2.75) is 13.3 Å². The van der Waals surface area contributed by atoms with Crippen LogP contribution < -0.4 is 15.0 Å². The van der Waals surface area contributed by atoms with Crippen molar-refractivity contribution in [1.29, 1.82) is 0 Å². The minimum absolute atomic E-state index is 0.0327. The van der Waals surface area contributed by atoms with Gasteiger partial charge in [-0.15, -0.1) is 0 Å². The van der Waals surface area contributed by atoms with Crippen molar-refractivity contribution in [1.82, 2.24) is 10.2 Å². The molecule has 6 heteroatoms. The van der Waals surface area contributed by atoms with Gasteiger partial charge in [0, 0.05) is 32.7 Å². The summed E-state index contributed by atoms with van der Waals surface area (Å²) >= 11 is 0. The highest BCUT2D eigenvalue weighted by molar-refractivity contribution is 5.78. The van der Waals surface area contributed by atoms with Gasteiger partial charge in [-0.1, -0.05) is 24.3 Å². The molecule has 3 rings (SSSR count). The SMILES string of the molecule is CCOc1ccccc1N1CCN(CC(=O)NCCc2ccc(F)cc2)CC1. The quantitative estimate of drug-likeness (QED) is 0.759. The van der Waals surface area contributed by atoms with Crippen LogP contribution in [0.3, 0.4) is 0 Å². The smallest absolute Gasteiger partial charge is 0.234 e. The summed E-state index contributed by atoms with van der Waals surface area (Å²) in [6.07, 6.45) is 0.702. The highest BCUT2D eigenvalue weighted by Gasteiger charge is 2.21. The molecule has 1 aliphatic rings. The molecule has 150 valence electrons. The molecule has 1 fully saturated rings. The third-order valence-electron chi connectivity index (χ3n) is 4.89. The van der Waals surface area contributed by atoms with Gasteiger partial charge in [-0.25, -0.2) is 4.39 Å². The molecular weight excluding hydrogens is 357 g/mol. The van der Waals surface area contributed by atoms with E-state index in [1.54, 1.807) is 12.1 Å². The first-order chi connectivity index (χ1) is 13.7. The molecule has 0 saturated carbocycles. The summed E-state index contributed by atoms with van der Waals surface area (Å²) in [6.45, 7) is 7.02. The molecule has 0 atom stereocenters. The standard InChI is InChI=1S/C22H28FN3O2/c1-2-28-21-6-4-3-5-20(21)26-15-13-25(14-16-26)17-22(27)24-12-11-18-7-9-19(23)10-8-18/h3-10H,2,11-17H2,1H3,(H,24,27). The van der Waals surface area contributed by atoms with Gasteiger partial charge >= 0.3 is 0 Å². The number of halogens is 1. The number of nitrogens with zero attached hydrogens (tertiary/aromatic N) is 2. The lowest BCUT2D eigenvalue weighted by Gasteiger charge is -2.36. The van der Waals surface area contributed by atoms with Gasteiger partial charge in [0.2, 0.25) is 5.91 Å². The Bertz CT molecular complexity index is 759. The maximum absolute atomic E-state index is 12.9. The van der Waals surface area contributed by atoms with Crippen molar-refractivity contribution in [3.05, 3.63) is 59.9 Å². The van der Waals surface area contributed by atoms with Crippen LogP contribution in [0.4, 0.5) is 10.1 Å². The lowest BCUT2D eigenvalue weighted by atomic mass is 10.1. The number of carbonyl (C=O) groups is 1. The first kappa shape index (κ1) is 20.1. The van der Waals surface area contributed by atoms with Crippen LogP contribution in [0.25, 0.3) is 0 Å². The van der Waals surface area contributed by atoms with Crippen molar-refractivity contribution in [2.24, 2.45) is 0 Å². The molecule has 1 amide bonds. The lowest BCUT2D eigenvalue weighted by molar-refractivity contribution is -0.122. The number of piperazine rings is 1. The van der Waals surface area contributed by atoms with E-state index in [0.29, 0.717) is 26.1 Å². The fourth-order valence-corrected chi connectivity index (χ4v) is 3.40. The third kappa shape index (κ3) is 5.70. The molecular formula is C22H28FN3O2. The zero-order valence-electron chi connectivity index (χ0n) is 16.4. The molecule has 0 spiro atoms. The molecule has 0 bridgehead atoms. The topological polar surface area (TPSA) is 44.8 Å². The number of amides is 1. The second-order valence-corrected chi connectivity index (χ2v) is 6.89. The van der Waals surface area contributed by atoms with E-state index >= 15 is 0 Å². The highest BCUT2D eigenvalue weighted by Crippen LogP contribution is 2.28. The Morgan fingerprint density at radius 2 is 1.79 bits per heavy atom. The van der Waals surface area contributed by atoms with E-state index in [9.17, 15) is 9.18 Å². The summed E-state index contributed by atoms with van der Waals surface area (Å²) in [4.78, 5) is 16.7. The average molecular weight is 385 g/mol. The van der Waals surface area contributed by atoms with Crippen LogP contribution in [0.15, 0.2) is 48.5 Å². The number of hydrogen-bond donors (Lipinski definition) is 1. The summed E-state index contributed by atoms with van der Waals surface area (Å²) in [5.74, 6) is 0.707. The van der Waals surface area contributed by atoms with Crippen LogP contribution in [-0.2, 0) is 11.2 Å². The van der Waals surface area contributed by atoms with Crippen molar-refractivity contribution in [2.75, 3.05) is 50.8 Å². The zero-order valence-corrected chi connectivity index (χ0v) is 16.4. The number of nitrogens with one attached hydrogen (secondary N) is 1. The number of ether oxygens (including phenoxy) is 1. The van der Waals surface area contributed by atoms with Gasteiger partial charge in [0.1, 0.15) is 11.6 Å². The van der Waals surface area contributed by atoms with Crippen molar-refractivity contribution >= 4 is 11.6 Å². The predicted octanol–water partition coefficient (Wildman–Crippen LogP) is 2.71. The monoisotopic (exact) mass is 385 g/mol. The number of carbonyl (C=O) groups excluding carboxylic acids is 1. The molecule has 1 N–H and O–H groups in total. The molecule has 1 aliphatic heterocycles. The number of rotatable bonds is 8. The molecule has 1 saturated heterocycles. The molecule has 5 nitrogen and oxygen atoms in total. The molecule has 0 aromatic heterocycles. The summed E-state index contributed by atoms with van der Waals surface area (Å²) in [5, 5.41) is 2.95. The van der Waals surface area contributed by atoms with Gasteiger partial charge in [-0.3, -0.25) is 9.69 Å². The molecule has 2 aromatic rings. The van der Waals surface area contributed by atoms with Crippen LogP contribution in [0.1, 0.15) is 12.5 Å². The summed E-state index contributed by atoms with van der Waals surface area (Å²) in [5.41, 5.74) is 2.14. The molecule has 0 aliphatic carbocycles. The van der Waals surface area contributed by atoms with E-state index in [-0.39, 0.29) is 11.7 Å². The van der Waals surface area contributed by atoms with E-state index in [2.05, 4.69) is 21.2 Å². The first-order valence-electron chi connectivity index (χ1n) is 9.86. The Kier molecular flexibility index (Phi) is 7.25. The molecule has 0 unspecified atom stereocenters. The predicted molar refractivity (Wildman–Crippen MR) is 109 cm³/mol. The van der Waals surface area contributed by atoms with Crippen molar-refractivity contribution < 1.29 is 13.9 Å².